The van der Waals surface area contributed by atoms with Crippen molar-refractivity contribution in [1.82, 2.24) is 5.32 Å². The van der Waals surface area contributed by atoms with E-state index in [9.17, 15) is 14.0 Å². The van der Waals surface area contributed by atoms with Gasteiger partial charge in [0.2, 0.25) is 0 Å². The summed E-state index contributed by atoms with van der Waals surface area (Å²) in [6, 6.07) is 3.96. The van der Waals surface area contributed by atoms with Crippen LogP contribution in [0.3, 0.4) is 0 Å². The quantitative estimate of drug-likeness (QED) is 0.830. The van der Waals surface area contributed by atoms with Crippen LogP contribution in [0.2, 0.25) is 0 Å². The van der Waals surface area contributed by atoms with Gasteiger partial charge in [0.05, 0.1) is 17.7 Å². The van der Waals surface area contributed by atoms with Crippen LogP contribution in [0.15, 0.2) is 24.3 Å². The summed E-state index contributed by atoms with van der Waals surface area (Å²) in [5, 5.41) is 11.3. The Kier molecular flexibility index (Phi) is 4.37. The molecule has 6 heteroatoms. The fraction of sp³-hybridized carbons (Fsp3) is 0.333. The van der Waals surface area contributed by atoms with Gasteiger partial charge >= 0.3 is 5.97 Å². The monoisotopic (exact) mass is 293 g/mol. The molecule has 1 saturated heterocycles. The van der Waals surface area contributed by atoms with Gasteiger partial charge in [0.15, 0.2) is 0 Å². The third-order valence-corrected chi connectivity index (χ3v) is 3.29. The summed E-state index contributed by atoms with van der Waals surface area (Å²) < 4.78 is 19.2. The second kappa shape index (κ2) is 6.05. The second-order valence-corrected chi connectivity index (χ2v) is 5.23. The number of hydrogen-bond donors (Lipinski definition) is 2. The summed E-state index contributed by atoms with van der Waals surface area (Å²) >= 11 is 0. The van der Waals surface area contributed by atoms with E-state index in [1.807, 2.05) is 6.92 Å². The molecule has 1 aromatic carbocycles. The van der Waals surface area contributed by atoms with E-state index in [-0.39, 0.29) is 5.56 Å². The van der Waals surface area contributed by atoms with Crippen molar-refractivity contribution in [3.05, 3.63) is 41.2 Å². The maximum absolute atomic E-state index is 14.0. The fourth-order valence-corrected chi connectivity index (χ4v) is 2.09. The van der Waals surface area contributed by atoms with Gasteiger partial charge in [-0.2, -0.15) is 0 Å². The van der Waals surface area contributed by atoms with Gasteiger partial charge in [-0.05, 0) is 37.1 Å². The Balaban J connectivity index is 2.13. The molecule has 2 N–H and O–H groups in total. The third kappa shape index (κ3) is 3.88. The van der Waals surface area contributed by atoms with Crippen molar-refractivity contribution in [3.63, 3.8) is 0 Å². The maximum Gasteiger partial charge on any atom is 0.328 e. The zero-order chi connectivity index (χ0) is 15.5. The summed E-state index contributed by atoms with van der Waals surface area (Å²) in [4.78, 5) is 22.5. The molecule has 2 rings (SSSR count). The molecule has 1 aliphatic rings. The minimum Gasteiger partial charge on any atom is -0.478 e. The normalized spacial score (nSPS) is 21.6. The van der Waals surface area contributed by atoms with E-state index in [1.54, 1.807) is 0 Å². The van der Waals surface area contributed by atoms with Crippen LogP contribution in [0, 0.1) is 5.82 Å². The van der Waals surface area contributed by atoms with Crippen molar-refractivity contribution in [3.8, 4) is 0 Å². The van der Waals surface area contributed by atoms with Crippen LogP contribution in [0.1, 0.15) is 29.3 Å². The van der Waals surface area contributed by atoms with Crippen LogP contribution in [0.25, 0.3) is 6.08 Å². The number of amides is 1. The number of carbonyl (C=O) groups is 2. The third-order valence-electron chi connectivity index (χ3n) is 3.29. The van der Waals surface area contributed by atoms with Crippen molar-refractivity contribution in [2.75, 3.05) is 13.2 Å². The molecule has 21 heavy (non-hydrogen) atoms. The summed E-state index contributed by atoms with van der Waals surface area (Å²) in [7, 11) is 0. The van der Waals surface area contributed by atoms with Crippen molar-refractivity contribution in [1.29, 1.82) is 0 Å². The molecule has 1 aromatic rings. The standard InChI is InChI=1S/C15H16FNO4/c1-15(6-7-21-9-15)17-14(20)11-4-2-10(8-12(11)16)3-5-13(18)19/h2-5,8H,6-7,9H2,1H3,(H,17,20)(H,18,19)/b5-3+. The number of nitrogens with one attached hydrogen (secondary N) is 1. The number of rotatable bonds is 4. The molecule has 0 aliphatic carbocycles. The Labute approximate surface area is 121 Å². The summed E-state index contributed by atoms with van der Waals surface area (Å²) in [6.07, 6.45) is 2.85. The predicted octanol–water partition coefficient (Wildman–Crippen LogP) is 1.83. The average molecular weight is 293 g/mol. The summed E-state index contributed by atoms with van der Waals surface area (Å²) in [5.74, 6) is -2.32. The van der Waals surface area contributed by atoms with E-state index in [1.165, 1.54) is 18.2 Å². The number of ether oxygens (including phenoxy) is 1. The first-order valence-corrected chi connectivity index (χ1v) is 6.50. The number of halogens is 1. The molecular formula is C15H16FNO4. The van der Waals surface area contributed by atoms with Crippen LogP contribution < -0.4 is 5.32 Å². The Morgan fingerprint density at radius 1 is 1.48 bits per heavy atom. The van der Waals surface area contributed by atoms with Crippen LogP contribution in [-0.4, -0.2) is 35.7 Å². The minimum atomic E-state index is -1.12. The molecule has 0 radical (unpaired) electrons. The molecule has 112 valence electrons. The fourth-order valence-electron chi connectivity index (χ4n) is 2.09. The smallest absolute Gasteiger partial charge is 0.328 e. The number of carboxylic acids is 1. The van der Waals surface area contributed by atoms with E-state index in [4.69, 9.17) is 9.84 Å². The van der Waals surface area contributed by atoms with E-state index >= 15 is 0 Å². The Morgan fingerprint density at radius 2 is 2.24 bits per heavy atom. The van der Waals surface area contributed by atoms with Crippen LogP contribution in [0.5, 0.6) is 0 Å². The Hall–Kier alpha value is -2.21. The van der Waals surface area contributed by atoms with Crippen molar-refractivity contribution >= 4 is 18.0 Å². The molecule has 0 spiro atoms. The molecule has 5 nitrogen and oxygen atoms in total. The van der Waals surface area contributed by atoms with Crippen molar-refractivity contribution < 1.29 is 23.8 Å². The number of carbonyl (C=O) groups excluding carboxylic acids is 1. The van der Waals surface area contributed by atoms with E-state index in [0.29, 0.717) is 25.2 Å². The van der Waals surface area contributed by atoms with Crippen molar-refractivity contribution in [2.24, 2.45) is 0 Å². The molecule has 1 unspecified atom stereocenters. The van der Waals surface area contributed by atoms with Gasteiger partial charge in [0.25, 0.3) is 5.91 Å². The topological polar surface area (TPSA) is 75.6 Å². The van der Waals surface area contributed by atoms with Crippen molar-refractivity contribution in [2.45, 2.75) is 18.9 Å². The van der Waals surface area contributed by atoms with Gasteiger partial charge in [-0.15, -0.1) is 0 Å². The first-order chi connectivity index (χ1) is 9.89. The SMILES string of the molecule is CC1(NC(=O)c2ccc(/C=C/C(=O)O)cc2F)CCOC1. The lowest BCUT2D eigenvalue weighted by Gasteiger charge is -2.23. The van der Waals surface area contributed by atoms with Gasteiger partial charge in [0.1, 0.15) is 5.82 Å². The number of carboxylic acid groups (broad SMARTS) is 1. The molecule has 0 bridgehead atoms. The molecule has 1 aliphatic heterocycles. The average Bonchev–Trinajstić information content (AvgIpc) is 2.82. The first-order valence-electron chi connectivity index (χ1n) is 6.50. The molecule has 1 fully saturated rings. The zero-order valence-corrected chi connectivity index (χ0v) is 11.6. The lowest BCUT2D eigenvalue weighted by Crippen LogP contribution is -2.46. The summed E-state index contributed by atoms with van der Waals surface area (Å²) in [5.41, 5.74) is -0.178. The molecule has 1 heterocycles. The minimum absolute atomic E-state index is 0.0735. The van der Waals surface area contributed by atoms with Gasteiger partial charge in [-0.25, -0.2) is 9.18 Å². The van der Waals surface area contributed by atoms with Gasteiger partial charge in [-0.3, -0.25) is 4.79 Å². The van der Waals surface area contributed by atoms with Crippen LogP contribution >= 0.6 is 0 Å². The van der Waals surface area contributed by atoms with E-state index in [0.717, 1.165) is 12.1 Å². The number of benzene rings is 1. The number of hydrogen-bond acceptors (Lipinski definition) is 3. The lowest BCUT2D eigenvalue weighted by atomic mass is 10.0. The first kappa shape index (κ1) is 15.2. The molecule has 0 aromatic heterocycles. The highest BCUT2D eigenvalue weighted by molar-refractivity contribution is 5.95. The van der Waals surface area contributed by atoms with E-state index in [2.05, 4.69) is 5.32 Å². The van der Waals surface area contributed by atoms with Gasteiger partial charge < -0.3 is 15.2 Å². The predicted molar refractivity (Wildman–Crippen MR) is 74.4 cm³/mol. The molecular weight excluding hydrogens is 277 g/mol. The van der Waals surface area contributed by atoms with Gasteiger partial charge in [-0.1, -0.05) is 6.07 Å². The van der Waals surface area contributed by atoms with E-state index < -0.39 is 23.2 Å². The van der Waals surface area contributed by atoms with Crippen LogP contribution in [0.4, 0.5) is 4.39 Å². The highest BCUT2D eigenvalue weighted by atomic mass is 19.1. The summed E-state index contributed by atoms with van der Waals surface area (Å²) in [6.45, 7) is 2.82. The zero-order valence-electron chi connectivity index (χ0n) is 11.6. The highest BCUT2D eigenvalue weighted by Gasteiger charge is 2.32. The molecule has 0 saturated carbocycles. The largest absolute Gasteiger partial charge is 0.478 e. The Morgan fingerprint density at radius 3 is 2.81 bits per heavy atom. The molecule has 1 amide bonds. The number of aliphatic carboxylic acids is 1. The second-order valence-electron chi connectivity index (χ2n) is 5.23. The molecule has 1 atom stereocenters. The maximum atomic E-state index is 14.0. The highest BCUT2D eigenvalue weighted by Crippen LogP contribution is 2.19. The van der Waals surface area contributed by atoms with Crippen LogP contribution in [-0.2, 0) is 9.53 Å². The lowest BCUT2D eigenvalue weighted by molar-refractivity contribution is -0.131. The van der Waals surface area contributed by atoms with Gasteiger partial charge in [0, 0.05) is 12.7 Å². The Bertz CT molecular complexity index is 591.